The van der Waals surface area contributed by atoms with Gasteiger partial charge < -0.3 is 19.7 Å². The monoisotopic (exact) mass is 460 g/mol. The van der Waals surface area contributed by atoms with Gasteiger partial charge in [-0.25, -0.2) is 4.79 Å². The molecule has 1 saturated carbocycles. The SMILES string of the molecule is CC1=NC(C)=C(C(=O)OC2C(C)C2C(O)O)C(c2cccc([N+](=O)[O-])c2)C1C(=O)OC(C)C. The van der Waals surface area contributed by atoms with Gasteiger partial charge in [-0.1, -0.05) is 19.1 Å². The highest BCUT2D eigenvalue weighted by molar-refractivity contribution is 6.07. The van der Waals surface area contributed by atoms with Crippen molar-refractivity contribution in [2.24, 2.45) is 22.7 Å². The molecular weight excluding hydrogens is 432 g/mol. The van der Waals surface area contributed by atoms with Crippen molar-refractivity contribution in [1.82, 2.24) is 0 Å². The van der Waals surface area contributed by atoms with Crippen molar-refractivity contribution in [2.45, 2.75) is 59.0 Å². The zero-order chi connectivity index (χ0) is 24.6. The number of allylic oxidation sites excluding steroid dienone is 1. The summed E-state index contributed by atoms with van der Waals surface area (Å²) in [5, 5.41) is 30.3. The standard InChI is InChI=1S/C23H28N2O8/c1-10(2)32-22(28)17-12(4)24-13(5)18(23(29)33-20-11(3)16(20)21(26)27)19(17)14-7-6-8-15(9-14)25(30)31/h6-11,16-17,19-21,26-27H,1-5H3. The minimum absolute atomic E-state index is 0.0806. The minimum Gasteiger partial charge on any atom is -0.462 e. The van der Waals surface area contributed by atoms with Crippen LogP contribution in [-0.4, -0.2) is 51.3 Å². The van der Waals surface area contributed by atoms with E-state index in [1.807, 2.05) is 0 Å². The highest BCUT2D eigenvalue weighted by atomic mass is 16.6. The Morgan fingerprint density at radius 2 is 1.88 bits per heavy atom. The summed E-state index contributed by atoms with van der Waals surface area (Å²) < 4.78 is 11.0. The van der Waals surface area contributed by atoms with Gasteiger partial charge in [0.15, 0.2) is 6.29 Å². The summed E-state index contributed by atoms with van der Waals surface area (Å²) in [5.41, 5.74) is 0.995. The second-order valence-electron chi connectivity index (χ2n) is 8.77. The Labute approximate surface area is 191 Å². The molecule has 10 heteroatoms. The third-order valence-corrected chi connectivity index (χ3v) is 6.05. The summed E-state index contributed by atoms with van der Waals surface area (Å²) >= 11 is 0. The van der Waals surface area contributed by atoms with Gasteiger partial charge in [0, 0.05) is 35.4 Å². The molecule has 5 unspecified atom stereocenters. The Morgan fingerprint density at radius 3 is 2.42 bits per heavy atom. The maximum Gasteiger partial charge on any atom is 0.336 e. The van der Waals surface area contributed by atoms with Gasteiger partial charge in [0.25, 0.3) is 5.69 Å². The number of nitrogens with zero attached hydrogens (tertiary/aromatic N) is 2. The van der Waals surface area contributed by atoms with Crippen molar-refractivity contribution in [3.05, 3.63) is 51.2 Å². The van der Waals surface area contributed by atoms with Crippen LogP contribution in [0, 0.1) is 27.9 Å². The number of nitro benzene ring substituents is 1. The molecule has 2 aliphatic rings. The van der Waals surface area contributed by atoms with Gasteiger partial charge in [0.1, 0.15) is 12.0 Å². The lowest BCUT2D eigenvalue weighted by molar-refractivity contribution is -0.384. The Kier molecular flexibility index (Phi) is 6.99. The lowest BCUT2D eigenvalue weighted by Gasteiger charge is -2.32. The molecule has 1 aromatic rings. The van der Waals surface area contributed by atoms with E-state index in [1.54, 1.807) is 40.7 Å². The van der Waals surface area contributed by atoms with Gasteiger partial charge >= 0.3 is 11.9 Å². The van der Waals surface area contributed by atoms with Crippen molar-refractivity contribution in [3.8, 4) is 0 Å². The number of aliphatic hydroxyl groups excluding tert-OH is 1. The average molecular weight is 460 g/mol. The van der Waals surface area contributed by atoms with Crippen LogP contribution in [0.15, 0.2) is 40.5 Å². The molecule has 1 aliphatic carbocycles. The zero-order valence-corrected chi connectivity index (χ0v) is 19.1. The maximum atomic E-state index is 13.3. The second kappa shape index (κ2) is 9.40. The minimum atomic E-state index is -1.62. The quantitative estimate of drug-likeness (QED) is 0.273. The van der Waals surface area contributed by atoms with Crippen LogP contribution in [0.2, 0.25) is 0 Å². The van der Waals surface area contributed by atoms with Crippen LogP contribution >= 0.6 is 0 Å². The van der Waals surface area contributed by atoms with E-state index in [1.165, 1.54) is 18.2 Å². The summed E-state index contributed by atoms with van der Waals surface area (Å²) in [4.78, 5) is 41.5. The number of carbonyl (C=O) groups is 2. The van der Waals surface area contributed by atoms with Gasteiger partial charge in [0.05, 0.1) is 22.5 Å². The van der Waals surface area contributed by atoms with Gasteiger partial charge in [-0.3, -0.25) is 19.9 Å². The van der Waals surface area contributed by atoms with E-state index in [-0.39, 0.29) is 17.2 Å². The van der Waals surface area contributed by atoms with Crippen LogP contribution < -0.4 is 0 Å². The van der Waals surface area contributed by atoms with Crippen LogP contribution in [0.3, 0.4) is 0 Å². The molecule has 178 valence electrons. The molecule has 2 N–H and O–H groups in total. The highest BCUT2D eigenvalue weighted by Crippen LogP contribution is 2.46. The predicted molar refractivity (Wildman–Crippen MR) is 117 cm³/mol. The molecule has 0 radical (unpaired) electrons. The normalized spacial score (nSPS) is 26.8. The summed E-state index contributed by atoms with van der Waals surface area (Å²) in [7, 11) is 0. The molecule has 1 heterocycles. The first-order chi connectivity index (χ1) is 15.4. The molecule has 1 aliphatic heterocycles. The van der Waals surface area contributed by atoms with E-state index < -0.39 is 53.1 Å². The summed E-state index contributed by atoms with van der Waals surface area (Å²) in [6.45, 7) is 8.36. The topological polar surface area (TPSA) is 149 Å². The number of non-ortho nitro benzene ring substituents is 1. The van der Waals surface area contributed by atoms with Gasteiger partial charge in [-0.15, -0.1) is 0 Å². The molecule has 3 rings (SSSR count). The van der Waals surface area contributed by atoms with E-state index in [0.29, 0.717) is 17.0 Å². The second-order valence-corrected chi connectivity index (χ2v) is 8.77. The molecule has 0 aromatic heterocycles. The van der Waals surface area contributed by atoms with E-state index in [9.17, 15) is 29.9 Å². The summed E-state index contributed by atoms with van der Waals surface area (Å²) in [5.74, 6) is -4.14. The fourth-order valence-electron chi connectivity index (χ4n) is 4.37. The smallest absolute Gasteiger partial charge is 0.336 e. The predicted octanol–water partition coefficient (Wildman–Crippen LogP) is 2.48. The van der Waals surface area contributed by atoms with Crippen LogP contribution in [-0.2, 0) is 19.1 Å². The number of rotatable bonds is 7. The third-order valence-electron chi connectivity index (χ3n) is 6.05. The number of ether oxygens (including phenoxy) is 2. The van der Waals surface area contributed by atoms with Gasteiger partial charge in [-0.2, -0.15) is 0 Å². The molecule has 0 amide bonds. The molecule has 0 saturated heterocycles. The van der Waals surface area contributed by atoms with Crippen molar-refractivity contribution in [3.63, 3.8) is 0 Å². The first-order valence-corrected chi connectivity index (χ1v) is 10.7. The van der Waals surface area contributed by atoms with E-state index in [2.05, 4.69) is 4.99 Å². The van der Waals surface area contributed by atoms with Crippen LogP contribution in [0.1, 0.15) is 46.1 Å². The first kappa shape index (κ1) is 24.5. The maximum absolute atomic E-state index is 13.3. The van der Waals surface area contributed by atoms with Gasteiger partial charge in [0.2, 0.25) is 0 Å². The van der Waals surface area contributed by atoms with Crippen molar-refractivity contribution >= 4 is 23.3 Å². The number of benzene rings is 1. The van der Waals surface area contributed by atoms with Crippen molar-refractivity contribution in [2.75, 3.05) is 0 Å². The number of hydrogen-bond acceptors (Lipinski definition) is 9. The molecule has 0 spiro atoms. The average Bonchev–Trinajstić information content (AvgIpc) is 3.35. The molecule has 1 fully saturated rings. The number of hydrogen-bond donors (Lipinski definition) is 2. The van der Waals surface area contributed by atoms with E-state index >= 15 is 0 Å². The number of aliphatic hydroxyl groups is 2. The number of esters is 2. The fraction of sp³-hybridized carbons (Fsp3) is 0.522. The Bertz CT molecular complexity index is 1030. The Balaban J connectivity index is 2.07. The number of carbonyl (C=O) groups excluding carboxylic acids is 2. The summed E-state index contributed by atoms with van der Waals surface area (Å²) in [6, 6.07) is 5.73. The lowest BCUT2D eigenvalue weighted by atomic mass is 9.75. The lowest BCUT2D eigenvalue weighted by Crippen LogP contribution is -2.37. The molecular formula is C23H28N2O8. The van der Waals surface area contributed by atoms with Gasteiger partial charge in [-0.05, 0) is 33.3 Å². The van der Waals surface area contributed by atoms with Crippen LogP contribution in [0.25, 0.3) is 0 Å². The van der Waals surface area contributed by atoms with Crippen LogP contribution in [0.5, 0.6) is 0 Å². The third kappa shape index (κ3) is 4.96. The number of aliphatic imine (C=N–C) groups is 1. The van der Waals surface area contributed by atoms with Crippen LogP contribution in [0.4, 0.5) is 5.69 Å². The Hall–Kier alpha value is -3.11. The van der Waals surface area contributed by atoms with Crippen molar-refractivity contribution < 1.29 is 34.2 Å². The highest BCUT2D eigenvalue weighted by Gasteiger charge is 2.55. The zero-order valence-electron chi connectivity index (χ0n) is 19.1. The molecule has 0 bridgehead atoms. The molecule has 33 heavy (non-hydrogen) atoms. The fourth-order valence-corrected chi connectivity index (χ4v) is 4.37. The number of nitro groups is 1. The van der Waals surface area contributed by atoms with Crippen molar-refractivity contribution in [1.29, 1.82) is 0 Å². The molecule has 10 nitrogen and oxygen atoms in total. The first-order valence-electron chi connectivity index (χ1n) is 10.7. The Morgan fingerprint density at radius 1 is 1.21 bits per heavy atom. The van der Waals surface area contributed by atoms with E-state index in [0.717, 1.165) is 0 Å². The van der Waals surface area contributed by atoms with E-state index in [4.69, 9.17) is 9.47 Å². The molecule has 1 aromatic carbocycles. The largest absolute Gasteiger partial charge is 0.462 e. The summed E-state index contributed by atoms with van der Waals surface area (Å²) in [6.07, 6.45) is -2.74. The molecule has 5 atom stereocenters.